The largest absolute Gasteiger partial charge is 0.461 e. The van der Waals surface area contributed by atoms with Crippen LogP contribution in [0.5, 0.6) is 0 Å². The van der Waals surface area contributed by atoms with Gasteiger partial charge in [-0.05, 0) is 6.42 Å². The summed E-state index contributed by atoms with van der Waals surface area (Å²) in [6.07, 6.45) is 0.800. The third-order valence-electron chi connectivity index (χ3n) is 1.56. The smallest absolute Gasteiger partial charge is 0.358 e. The lowest BCUT2D eigenvalue weighted by atomic mass is 10.4. The molecule has 0 aliphatic heterocycles. The number of aromatic nitrogens is 2. The van der Waals surface area contributed by atoms with Gasteiger partial charge in [0.15, 0.2) is 5.69 Å². The molecule has 72 valence electrons. The second-order valence-corrected chi connectivity index (χ2v) is 2.71. The summed E-state index contributed by atoms with van der Waals surface area (Å²) in [6.45, 7) is 2.34. The molecule has 0 saturated heterocycles. The molecule has 0 atom stereocenters. The van der Waals surface area contributed by atoms with Gasteiger partial charge in [0, 0.05) is 13.1 Å². The number of esters is 1. The van der Waals surface area contributed by atoms with E-state index in [0.29, 0.717) is 12.4 Å². The van der Waals surface area contributed by atoms with Crippen molar-refractivity contribution in [3.8, 4) is 0 Å². The molecule has 5 heteroatoms. The minimum absolute atomic E-state index is 0.258. The first kappa shape index (κ1) is 9.57. The van der Waals surface area contributed by atoms with Gasteiger partial charge in [-0.15, -0.1) is 0 Å². The highest BCUT2D eigenvalue weighted by Gasteiger charge is 2.11. The summed E-state index contributed by atoms with van der Waals surface area (Å²) in [7, 11) is 1.67. The Morgan fingerprint density at radius 1 is 1.77 bits per heavy atom. The van der Waals surface area contributed by atoms with Crippen LogP contribution >= 0.6 is 0 Å². The molecule has 0 radical (unpaired) electrons. The van der Waals surface area contributed by atoms with Gasteiger partial charge in [-0.1, -0.05) is 6.92 Å². The van der Waals surface area contributed by atoms with Gasteiger partial charge in [0.25, 0.3) is 0 Å². The number of anilines is 1. The van der Waals surface area contributed by atoms with Gasteiger partial charge in [-0.2, -0.15) is 5.10 Å². The SMILES string of the molecule is CCCOC(=O)c1cc(N)n(C)n1. The minimum Gasteiger partial charge on any atom is -0.461 e. The van der Waals surface area contributed by atoms with Crippen LogP contribution in [-0.2, 0) is 11.8 Å². The van der Waals surface area contributed by atoms with Crippen LogP contribution in [0.4, 0.5) is 5.82 Å². The summed E-state index contributed by atoms with van der Waals surface area (Å²) in [4.78, 5) is 11.2. The number of ether oxygens (including phenoxy) is 1. The van der Waals surface area contributed by atoms with E-state index in [1.165, 1.54) is 10.7 Å². The van der Waals surface area contributed by atoms with Gasteiger partial charge >= 0.3 is 5.97 Å². The number of carbonyl (C=O) groups is 1. The number of nitrogen functional groups attached to an aromatic ring is 1. The monoisotopic (exact) mass is 183 g/mol. The van der Waals surface area contributed by atoms with Crippen LogP contribution < -0.4 is 5.73 Å². The van der Waals surface area contributed by atoms with E-state index in [-0.39, 0.29) is 5.69 Å². The molecule has 1 aromatic heterocycles. The zero-order chi connectivity index (χ0) is 9.84. The normalized spacial score (nSPS) is 10.0. The number of hydrogen-bond acceptors (Lipinski definition) is 4. The Kier molecular flexibility index (Phi) is 2.89. The molecule has 5 nitrogen and oxygen atoms in total. The number of nitrogens with two attached hydrogens (primary N) is 1. The highest BCUT2D eigenvalue weighted by molar-refractivity contribution is 5.88. The Labute approximate surface area is 76.5 Å². The van der Waals surface area contributed by atoms with Crippen LogP contribution in [-0.4, -0.2) is 22.4 Å². The lowest BCUT2D eigenvalue weighted by Crippen LogP contribution is -2.07. The Bertz CT molecular complexity index is 287. The predicted molar refractivity (Wildman–Crippen MR) is 48.2 cm³/mol. The Balaban J connectivity index is 2.66. The Morgan fingerprint density at radius 3 is 2.92 bits per heavy atom. The standard InChI is InChI=1S/C8H13N3O2/c1-3-4-13-8(12)6-5-7(9)11(2)10-6/h5H,3-4,9H2,1-2H3. The fraction of sp³-hybridized carbons (Fsp3) is 0.500. The fourth-order valence-electron chi connectivity index (χ4n) is 0.850. The van der Waals surface area contributed by atoms with Crippen LogP contribution in [0.15, 0.2) is 6.07 Å². The summed E-state index contributed by atoms with van der Waals surface area (Å²) in [5.41, 5.74) is 5.76. The molecule has 0 bridgehead atoms. The molecule has 2 N–H and O–H groups in total. The van der Waals surface area contributed by atoms with Gasteiger partial charge < -0.3 is 10.5 Å². The van der Waals surface area contributed by atoms with Crippen molar-refractivity contribution in [1.82, 2.24) is 9.78 Å². The van der Waals surface area contributed by atoms with Gasteiger partial charge in [0.2, 0.25) is 0 Å². The van der Waals surface area contributed by atoms with E-state index in [1.54, 1.807) is 7.05 Å². The molecule has 0 aliphatic carbocycles. The number of carbonyl (C=O) groups excluding carboxylic acids is 1. The molecular formula is C8H13N3O2. The summed E-state index contributed by atoms with van der Waals surface area (Å²) < 4.78 is 6.31. The maximum atomic E-state index is 11.2. The summed E-state index contributed by atoms with van der Waals surface area (Å²) in [6, 6.07) is 1.50. The fourth-order valence-corrected chi connectivity index (χ4v) is 0.850. The quantitative estimate of drug-likeness (QED) is 0.695. The van der Waals surface area contributed by atoms with Gasteiger partial charge in [-0.25, -0.2) is 4.79 Å². The summed E-state index contributed by atoms with van der Waals surface area (Å²) >= 11 is 0. The van der Waals surface area contributed by atoms with E-state index in [9.17, 15) is 4.79 Å². The van der Waals surface area contributed by atoms with Crippen LogP contribution in [0.25, 0.3) is 0 Å². The molecule has 0 aromatic carbocycles. The number of nitrogens with zero attached hydrogens (tertiary/aromatic N) is 2. The number of aryl methyl sites for hydroxylation is 1. The van der Waals surface area contributed by atoms with Crippen LogP contribution in [0.2, 0.25) is 0 Å². The summed E-state index contributed by atoms with van der Waals surface area (Å²) in [5.74, 6) is 0.0256. The van der Waals surface area contributed by atoms with E-state index in [0.717, 1.165) is 6.42 Å². The molecule has 0 aliphatic rings. The zero-order valence-corrected chi connectivity index (χ0v) is 7.78. The maximum absolute atomic E-state index is 11.2. The van der Waals surface area contributed by atoms with Crippen molar-refractivity contribution in [2.75, 3.05) is 12.3 Å². The molecule has 1 aromatic rings. The average Bonchev–Trinajstić information content (AvgIpc) is 2.43. The van der Waals surface area contributed by atoms with Crippen molar-refractivity contribution in [2.24, 2.45) is 7.05 Å². The van der Waals surface area contributed by atoms with Crippen molar-refractivity contribution >= 4 is 11.8 Å². The van der Waals surface area contributed by atoms with Crippen LogP contribution in [0.1, 0.15) is 23.8 Å². The number of rotatable bonds is 3. The van der Waals surface area contributed by atoms with Crippen LogP contribution in [0, 0.1) is 0 Å². The van der Waals surface area contributed by atoms with Crippen molar-refractivity contribution in [1.29, 1.82) is 0 Å². The molecule has 0 saturated carbocycles. The molecule has 0 fully saturated rings. The van der Waals surface area contributed by atoms with Gasteiger partial charge in [0.05, 0.1) is 6.61 Å². The Hall–Kier alpha value is -1.52. The van der Waals surface area contributed by atoms with Crippen molar-refractivity contribution in [3.63, 3.8) is 0 Å². The third kappa shape index (κ3) is 2.21. The van der Waals surface area contributed by atoms with E-state index in [4.69, 9.17) is 10.5 Å². The van der Waals surface area contributed by atoms with Crippen molar-refractivity contribution < 1.29 is 9.53 Å². The molecule has 0 amide bonds. The third-order valence-corrected chi connectivity index (χ3v) is 1.56. The van der Waals surface area contributed by atoms with Crippen LogP contribution in [0.3, 0.4) is 0 Å². The highest BCUT2D eigenvalue weighted by atomic mass is 16.5. The van der Waals surface area contributed by atoms with Gasteiger partial charge in [-0.3, -0.25) is 4.68 Å². The van der Waals surface area contributed by atoms with Crippen molar-refractivity contribution in [3.05, 3.63) is 11.8 Å². The lowest BCUT2D eigenvalue weighted by Gasteiger charge is -1.98. The maximum Gasteiger partial charge on any atom is 0.358 e. The van der Waals surface area contributed by atoms with E-state index >= 15 is 0 Å². The summed E-state index contributed by atoms with van der Waals surface area (Å²) in [5, 5.41) is 3.88. The average molecular weight is 183 g/mol. The predicted octanol–water partition coefficient (Wildman–Crippen LogP) is 0.569. The number of hydrogen-bond donors (Lipinski definition) is 1. The van der Waals surface area contributed by atoms with E-state index < -0.39 is 5.97 Å². The molecule has 0 spiro atoms. The molecule has 0 unspecified atom stereocenters. The lowest BCUT2D eigenvalue weighted by molar-refractivity contribution is 0.0497. The minimum atomic E-state index is -0.422. The first-order valence-corrected chi connectivity index (χ1v) is 4.11. The first-order chi connectivity index (χ1) is 6.15. The highest BCUT2D eigenvalue weighted by Crippen LogP contribution is 2.05. The molecular weight excluding hydrogens is 170 g/mol. The molecule has 1 heterocycles. The van der Waals surface area contributed by atoms with E-state index in [1.807, 2.05) is 6.92 Å². The second-order valence-electron chi connectivity index (χ2n) is 2.71. The molecule has 13 heavy (non-hydrogen) atoms. The first-order valence-electron chi connectivity index (χ1n) is 4.11. The van der Waals surface area contributed by atoms with E-state index in [2.05, 4.69) is 5.10 Å². The molecule has 1 rings (SSSR count). The Morgan fingerprint density at radius 2 is 2.46 bits per heavy atom. The zero-order valence-electron chi connectivity index (χ0n) is 7.78. The van der Waals surface area contributed by atoms with Crippen molar-refractivity contribution in [2.45, 2.75) is 13.3 Å². The van der Waals surface area contributed by atoms with Gasteiger partial charge in [0.1, 0.15) is 5.82 Å². The second kappa shape index (κ2) is 3.93. The topological polar surface area (TPSA) is 70.1 Å².